The molecule has 0 saturated carbocycles. The van der Waals surface area contributed by atoms with Gasteiger partial charge in [0.05, 0.1) is 16.3 Å². The van der Waals surface area contributed by atoms with Crippen molar-refractivity contribution in [2.45, 2.75) is 18.4 Å². The zero-order chi connectivity index (χ0) is 14.0. The van der Waals surface area contributed by atoms with Crippen LogP contribution in [0.25, 0.3) is 0 Å². The SMILES string of the molecule is CSc1c(NCc2cn(C)nc2C)sc(C#N)c1N. The second-order valence-corrected chi connectivity index (χ2v) is 5.92. The zero-order valence-electron chi connectivity index (χ0n) is 11.0. The molecule has 0 aliphatic heterocycles. The molecule has 2 aromatic rings. The fourth-order valence-corrected chi connectivity index (χ4v) is 3.66. The molecule has 0 aromatic carbocycles. The molecule has 2 aromatic heterocycles. The predicted octanol–water partition coefficient (Wildman–Crippen LogP) is 2.58. The highest BCUT2D eigenvalue weighted by molar-refractivity contribution is 7.99. The standard InChI is InChI=1S/C12H15N5S2/c1-7-8(6-17(2)16-7)5-15-12-11(18-3)10(14)9(4-13)19-12/h6,15H,5,14H2,1-3H3. The van der Waals surface area contributed by atoms with E-state index in [-0.39, 0.29) is 0 Å². The van der Waals surface area contributed by atoms with Crippen LogP contribution in [0.15, 0.2) is 11.1 Å². The molecule has 0 unspecified atom stereocenters. The molecule has 5 nitrogen and oxygen atoms in total. The van der Waals surface area contributed by atoms with E-state index in [9.17, 15) is 0 Å². The van der Waals surface area contributed by atoms with Crippen LogP contribution >= 0.6 is 23.1 Å². The van der Waals surface area contributed by atoms with E-state index >= 15 is 0 Å². The molecule has 0 bridgehead atoms. The maximum atomic E-state index is 9.01. The molecule has 7 heteroatoms. The third-order valence-corrected chi connectivity index (χ3v) is 4.79. The van der Waals surface area contributed by atoms with E-state index in [4.69, 9.17) is 11.0 Å². The van der Waals surface area contributed by atoms with Crippen LogP contribution in [0.5, 0.6) is 0 Å². The number of aryl methyl sites for hydroxylation is 2. The molecule has 0 aliphatic rings. The Morgan fingerprint density at radius 2 is 2.37 bits per heavy atom. The number of nitrogens with one attached hydrogen (secondary N) is 1. The Bertz CT molecular complexity index is 635. The van der Waals surface area contributed by atoms with Crippen LogP contribution in [-0.4, -0.2) is 16.0 Å². The van der Waals surface area contributed by atoms with Gasteiger partial charge in [0.2, 0.25) is 0 Å². The molecule has 0 saturated heterocycles. The summed E-state index contributed by atoms with van der Waals surface area (Å²) < 4.78 is 1.80. The molecule has 100 valence electrons. The molecule has 0 atom stereocenters. The lowest BCUT2D eigenvalue weighted by molar-refractivity contribution is 0.756. The summed E-state index contributed by atoms with van der Waals surface area (Å²) in [6.07, 6.45) is 3.95. The maximum absolute atomic E-state index is 9.01. The van der Waals surface area contributed by atoms with Crippen LogP contribution in [0.2, 0.25) is 0 Å². The second-order valence-electron chi connectivity index (χ2n) is 4.09. The van der Waals surface area contributed by atoms with Crippen molar-refractivity contribution in [3.8, 4) is 6.07 Å². The average Bonchev–Trinajstić information content (AvgIpc) is 2.86. The number of aromatic nitrogens is 2. The summed E-state index contributed by atoms with van der Waals surface area (Å²) in [4.78, 5) is 1.51. The summed E-state index contributed by atoms with van der Waals surface area (Å²) >= 11 is 2.95. The van der Waals surface area contributed by atoms with Gasteiger partial charge in [-0.2, -0.15) is 10.4 Å². The Balaban J connectivity index is 2.20. The summed E-state index contributed by atoms with van der Waals surface area (Å²) in [6, 6.07) is 2.13. The highest BCUT2D eigenvalue weighted by Crippen LogP contribution is 2.41. The van der Waals surface area contributed by atoms with Crippen LogP contribution in [0, 0.1) is 18.3 Å². The number of rotatable bonds is 4. The average molecular weight is 293 g/mol. The highest BCUT2D eigenvalue weighted by Gasteiger charge is 2.15. The molecule has 2 heterocycles. The number of thiophene rings is 1. The summed E-state index contributed by atoms with van der Waals surface area (Å²) in [5.41, 5.74) is 8.66. The van der Waals surface area contributed by atoms with Gasteiger partial charge in [-0.05, 0) is 13.2 Å². The molecule has 2 rings (SSSR count). The number of hydrogen-bond donors (Lipinski definition) is 2. The summed E-state index contributed by atoms with van der Waals surface area (Å²) in [6.45, 7) is 2.66. The summed E-state index contributed by atoms with van der Waals surface area (Å²) in [7, 11) is 1.90. The van der Waals surface area contributed by atoms with Crippen molar-refractivity contribution in [2.75, 3.05) is 17.3 Å². The van der Waals surface area contributed by atoms with E-state index in [1.165, 1.54) is 11.3 Å². The molecular weight excluding hydrogens is 278 g/mol. The number of nitriles is 1. The van der Waals surface area contributed by atoms with E-state index in [0.29, 0.717) is 17.1 Å². The third-order valence-electron chi connectivity index (χ3n) is 2.76. The van der Waals surface area contributed by atoms with Gasteiger partial charge in [0.25, 0.3) is 0 Å². The number of anilines is 2. The molecule has 0 radical (unpaired) electrons. The summed E-state index contributed by atoms with van der Waals surface area (Å²) in [5, 5.41) is 17.6. The minimum atomic E-state index is 0.565. The van der Waals surface area contributed by atoms with Crippen LogP contribution in [-0.2, 0) is 13.6 Å². The van der Waals surface area contributed by atoms with Gasteiger partial charge < -0.3 is 11.1 Å². The molecule has 3 N–H and O–H groups in total. The lowest BCUT2D eigenvalue weighted by atomic mass is 10.2. The first-order chi connectivity index (χ1) is 9.06. The minimum Gasteiger partial charge on any atom is -0.396 e. The predicted molar refractivity (Wildman–Crippen MR) is 80.5 cm³/mol. The molecule has 0 aliphatic carbocycles. The van der Waals surface area contributed by atoms with Gasteiger partial charge in [-0.25, -0.2) is 0 Å². The van der Waals surface area contributed by atoms with Crippen molar-refractivity contribution in [3.05, 3.63) is 22.3 Å². The summed E-state index contributed by atoms with van der Waals surface area (Å²) in [5.74, 6) is 0. The van der Waals surface area contributed by atoms with Gasteiger partial charge >= 0.3 is 0 Å². The topological polar surface area (TPSA) is 79.7 Å². The highest BCUT2D eigenvalue weighted by atomic mass is 32.2. The van der Waals surface area contributed by atoms with Crippen molar-refractivity contribution < 1.29 is 0 Å². The van der Waals surface area contributed by atoms with E-state index < -0.39 is 0 Å². The quantitative estimate of drug-likeness (QED) is 0.847. The number of nitrogens with two attached hydrogens (primary N) is 1. The number of hydrogen-bond acceptors (Lipinski definition) is 6. The zero-order valence-corrected chi connectivity index (χ0v) is 12.7. The third kappa shape index (κ3) is 2.69. The fraction of sp³-hybridized carbons (Fsp3) is 0.333. The number of thioether (sulfide) groups is 1. The fourth-order valence-electron chi connectivity index (χ4n) is 1.83. The number of nitrogen functional groups attached to an aromatic ring is 1. The lowest BCUT2D eigenvalue weighted by Gasteiger charge is -2.05. The van der Waals surface area contributed by atoms with E-state index in [1.807, 2.05) is 26.4 Å². The lowest BCUT2D eigenvalue weighted by Crippen LogP contribution is -1.99. The van der Waals surface area contributed by atoms with Crippen molar-refractivity contribution in [3.63, 3.8) is 0 Å². The van der Waals surface area contributed by atoms with Gasteiger partial charge in [0.1, 0.15) is 15.9 Å². The Labute approximate surface area is 120 Å². The first-order valence-corrected chi connectivity index (χ1v) is 7.70. The monoisotopic (exact) mass is 293 g/mol. The van der Waals surface area contributed by atoms with Crippen LogP contribution in [0.1, 0.15) is 16.1 Å². The Morgan fingerprint density at radius 3 is 2.89 bits per heavy atom. The van der Waals surface area contributed by atoms with Gasteiger partial charge in [-0.1, -0.05) is 0 Å². The minimum absolute atomic E-state index is 0.565. The van der Waals surface area contributed by atoms with Crippen molar-refractivity contribution in [2.24, 2.45) is 7.05 Å². The molecule has 0 fully saturated rings. The molecule has 0 amide bonds. The van der Waals surface area contributed by atoms with Gasteiger partial charge in [0, 0.05) is 25.4 Å². The Kier molecular flexibility index (Phi) is 4.02. The number of nitrogens with zero attached hydrogens (tertiary/aromatic N) is 3. The van der Waals surface area contributed by atoms with Crippen molar-refractivity contribution in [1.82, 2.24) is 9.78 Å². The van der Waals surface area contributed by atoms with E-state index in [2.05, 4.69) is 16.5 Å². The van der Waals surface area contributed by atoms with Crippen LogP contribution in [0.4, 0.5) is 10.7 Å². The van der Waals surface area contributed by atoms with Crippen LogP contribution < -0.4 is 11.1 Å². The normalized spacial score (nSPS) is 10.4. The molecule has 19 heavy (non-hydrogen) atoms. The van der Waals surface area contributed by atoms with Gasteiger partial charge in [0.15, 0.2) is 0 Å². The second kappa shape index (κ2) is 5.55. The van der Waals surface area contributed by atoms with E-state index in [1.54, 1.807) is 16.4 Å². The van der Waals surface area contributed by atoms with Crippen molar-refractivity contribution in [1.29, 1.82) is 5.26 Å². The maximum Gasteiger partial charge on any atom is 0.131 e. The molecular formula is C12H15N5S2. The van der Waals surface area contributed by atoms with Gasteiger partial charge in [-0.3, -0.25) is 4.68 Å². The largest absolute Gasteiger partial charge is 0.396 e. The van der Waals surface area contributed by atoms with E-state index in [0.717, 1.165) is 21.2 Å². The van der Waals surface area contributed by atoms with Crippen LogP contribution in [0.3, 0.4) is 0 Å². The first-order valence-electron chi connectivity index (χ1n) is 5.66. The van der Waals surface area contributed by atoms with Crippen molar-refractivity contribution >= 4 is 33.8 Å². The molecule has 0 spiro atoms. The Morgan fingerprint density at radius 1 is 1.63 bits per heavy atom. The Hall–Kier alpha value is -1.65. The first kappa shape index (κ1) is 13.8. The smallest absolute Gasteiger partial charge is 0.131 e. The van der Waals surface area contributed by atoms with Gasteiger partial charge in [-0.15, -0.1) is 23.1 Å².